The van der Waals surface area contributed by atoms with E-state index in [1.165, 1.54) is 27.2 Å². The predicted molar refractivity (Wildman–Crippen MR) is 133 cm³/mol. The number of aromatic nitrogens is 1. The number of carbonyl (C=O) groups is 2. The summed E-state index contributed by atoms with van der Waals surface area (Å²) in [5.41, 5.74) is 2.38. The van der Waals surface area contributed by atoms with E-state index in [4.69, 9.17) is 4.74 Å². The van der Waals surface area contributed by atoms with E-state index in [2.05, 4.69) is 4.99 Å². The lowest BCUT2D eigenvalue weighted by Gasteiger charge is -2.23. The lowest BCUT2D eigenvalue weighted by Crippen LogP contribution is -2.40. The topological polar surface area (TPSA) is 81.0 Å². The van der Waals surface area contributed by atoms with E-state index in [1.54, 1.807) is 18.9 Å². The Morgan fingerprint density at radius 1 is 1.18 bits per heavy atom. The lowest BCUT2D eigenvalue weighted by atomic mass is 10.0. The zero-order valence-corrected chi connectivity index (χ0v) is 20.8. The number of amides is 1. The van der Waals surface area contributed by atoms with Gasteiger partial charge in [-0.3, -0.25) is 14.2 Å². The molecule has 2 aliphatic rings. The average molecular weight is 494 g/mol. The molecule has 2 aliphatic heterocycles. The SMILES string of the molecule is CC1=C(C(=O)OCC(C)C)[C@H](c2cccs2)n2c(s/c(=C3\C(=O)N(C)c4ccccc43)c2=O)=N1. The number of para-hydroxylation sites is 1. The summed E-state index contributed by atoms with van der Waals surface area (Å²) in [4.78, 5) is 47.6. The molecule has 0 N–H and O–H groups in total. The molecule has 34 heavy (non-hydrogen) atoms. The van der Waals surface area contributed by atoms with E-state index in [1.807, 2.05) is 55.6 Å². The van der Waals surface area contributed by atoms with Crippen molar-refractivity contribution in [2.45, 2.75) is 26.8 Å². The normalized spacial score (nSPS) is 18.8. The predicted octanol–water partition coefficient (Wildman–Crippen LogP) is 2.84. The van der Waals surface area contributed by atoms with Gasteiger partial charge in [-0.05, 0) is 30.4 Å². The molecule has 1 atom stereocenters. The van der Waals surface area contributed by atoms with Crippen LogP contribution < -0.4 is 19.8 Å². The Hall–Kier alpha value is -3.30. The first-order valence-electron chi connectivity index (χ1n) is 10.9. The zero-order chi connectivity index (χ0) is 24.1. The quantitative estimate of drug-likeness (QED) is 0.524. The molecule has 0 aliphatic carbocycles. The number of ether oxygens (including phenoxy) is 1. The molecule has 174 valence electrons. The number of benzene rings is 1. The second-order valence-corrected chi connectivity index (χ2v) is 10.6. The molecule has 1 amide bonds. The minimum absolute atomic E-state index is 0.179. The third-order valence-corrected chi connectivity index (χ3v) is 7.84. The van der Waals surface area contributed by atoms with Gasteiger partial charge in [0.25, 0.3) is 11.5 Å². The van der Waals surface area contributed by atoms with Gasteiger partial charge in [0, 0.05) is 17.5 Å². The van der Waals surface area contributed by atoms with Gasteiger partial charge in [0.1, 0.15) is 10.6 Å². The number of thiazole rings is 1. The van der Waals surface area contributed by atoms with Gasteiger partial charge in [-0.15, -0.1) is 11.3 Å². The minimum Gasteiger partial charge on any atom is -0.462 e. The van der Waals surface area contributed by atoms with Gasteiger partial charge < -0.3 is 9.64 Å². The maximum absolute atomic E-state index is 13.9. The first-order valence-corrected chi connectivity index (χ1v) is 12.6. The van der Waals surface area contributed by atoms with E-state index < -0.39 is 12.0 Å². The molecular formula is C25H23N3O4S2. The number of rotatable bonds is 4. The molecule has 4 heterocycles. The number of thiophene rings is 1. The molecule has 1 aromatic carbocycles. The molecular weight excluding hydrogens is 470 g/mol. The number of esters is 1. The van der Waals surface area contributed by atoms with Gasteiger partial charge in [-0.2, -0.15) is 0 Å². The number of fused-ring (bicyclic) bond motifs is 2. The maximum atomic E-state index is 13.9. The second-order valence-electron chi connectivity index (χ2n) is 8.67. The molecule has 0 spiro atoms. The molecule has 0 radical (unpaired) electrons. The van der Waals surface area contributed by atoms with E-state index in [0.29, 0.717) is 26.2 Å². The van der Waals surface area contributed by atoms with Crippen LogP contribution in [0.5, 0.6) is 0 Å². The highest BCUT2D eigenvalue weighted by molar-refractivity contribution is 7.10. The highest BCUT2D eigenvalue weighted by Crippen LogP contribution is 2.35. The van der Waals surface area contributed by atoms with Crippen LogP contribution in [-0.2, 0) is 14.3 Å². The van der Waals surface area contributed by atoms with E-state index in [-0.39, 0.29) is 24.0 Å². The summed E-state index contributed by atoms with van der Waals surface area (Å²) in [5, 5.41) is 1.91. The van der Waals surface area contributed by atoms with Crippen LogP contribution in [0.2, 0.25) is 0 Å². The first-order chi connectivity index (χ1) is 16.3. The number of anilines is 1. The number of allylic oxidation sites excluding steroid dienone is 1. The van der Waals surface area contributed by atoms with Crippen LogP contribution in [0.4, 0.5) is 5.69 Å². The molecule has 5 rings (SSSR count). The summed E-state index contributed by atoms with van der Waals surface area (Å²) < 4.78 is 7.41. The van der Waals surface area contributed by atoms with Gasteiger partial charge in [0.2, 0.25) is 0 Å². The Morgan fingerprint density at radius 3 is 2.65 bits per heavy atom. The lowest BCUT2D eigenvalue weighted by molar-refractivity contribution is -0.140. The summed E-state index contributed by atoms with van der Waals surface area (Å²) in [7, 11) is 1.70. The van der Waals surface area contributed by atoms with Gasteiger partial charge >= 0.3 is 5.97 Å². The third kappa shape index (κ3) is 3.47. The van der Waals surface area contributed by atoms with Crippen molar-refractivity contribution < 1.29 is 14.3 Å². The van der Waals surface area contributed by atoms with E-state index in [0.717, 1.165) is 16.1 Å². The summed E-state index contributed by atoms with van der Waals surface area (Å²) in [6, 6.07) is 10.5. The second kappa shape index (κ2) is 8.48. The minimum atomic E-state index is -0.658. The maximum Gasteiger partial charge on any atom is 0.338 e. The van der Waals surface area contributed by atoms with Crippen LogP contribution >= 0.6 is 22.7 Å². The fourth-order valence-electron chi connectivity index (χ4n) is 4.26. The van der Waals surface area contributed by atoms with Crippen LogP contribution in [0.25, 0.3) is 5.57 Å². The standard InChI is InChI=1S/C25H23N3O4S2/c1-13(2)12-32-24(31)18-14(3)26-25-28(20(18)17-10-7-11-33-17)23(30)21(34-25)19-15-8-5-6-9-16(15)27(4)22(19)29/h5-11,13,20H,12H2,1-4H3/b21-19-/t20-/m0/s1. The van der Waals surface area contributed by atoms with Crippen molar-refractivity contribution in [3.63, 3.8) is 0 Å². The molecule has 7 nitrogen and oxygen atoms in total. The Morgan fingerprint density at radius 2 is 1.94 bits per heavy atom. The summed E-state index contributed by atoms with van der Waals surface area (Å²) in [5.74, 6) is -0.529. The number of nitrogens with zero attached hydrogens (tertiary/aromatic N) is 3. The molecule has 0 fully saturated rings. The molecule has 0 unspecified atom stereocenters. The Kier molecular flexibility index (Phi) is 5.61. The third-order valence-electron chi connectivity index (χ3n) is 5.86. The average Bonchev–Trinajstić information content (AvgIpc) is 3.50. The van der Waals surface area contributed by atoms with Gasteiger partial charge in [-0.1, -0.05) is 49.4 Å². The smallest absolute Gasteiger partial charge is 0.338 e. The highest BCUT2D eigenvalue weighted by atomic mass is 32.1. The summed E-state index contributed by atoms with van der Waals surface area (Å²) in [6.45, 7) is 5.97. The van der Waals surface area contributed by atoms with Crippen LogP contribution in [0.1, 0.15) is 37.3 Å². The van der Waals surface area contributed by atoms with E-state index in [9.17, 15) is 14.4 Å². The first kappa shape index (κ1) is 22.5. The fraction of sp³-hybridized carbons (Fsp3) is 0.280. The highest BCUT2D eigenvalue weighted by Gasteiger charge is 2.36. The van der Waals surface area contributed by atoms with Gasteiger partial charge in [0.15, 0.2) is 4.80 Å². The van der Waals surface area contributed by atoms with Crippen molar-refractivity contribution in [2.75, 3.05) is 18.6 Å². The van der Waals surface area contributed by atoms with Crippen LogP contribution in [0.3, 0.4) is 0 Å². The Bertz CT molecular complexity index is 1530. The van der Waals surface area contributed by atoms with E-state index >= 15 is 0 Å². The molecule has 9 heteroatoms. The Labute approximate surface area is 203 Å². The number of hydrogen-bond acceptors (Lipinski definition) is 7. The zero-order valence-electron chi connectivity index (χ0n) is 19.2. The fourth-order valence-corrected chi connectivity index (χ4v) is 6.22. The van der Waals surface area contributed by atoms with Gasteiger partial charge in [0.05, 0.1) is 29.1 Å². The van der Waals surface area contributed by atoms with Crippen molar-refractivity contribution in [1.29, 1.82) is 0 Å². The number of carbonyl (C=O) groups excluding carboxylic acids is 2. The van der Waals surface area contributed by atoms with Crippen LogP contribution in [0.15, 0.2) is 62.8 Å². The molecule has 2 aromatic heterocycles. The van der Waals surface area contributed by atoms with Crippen molar-refractivity contribution in [2.24, 2.45) is 10.9 Å². The summed E-state index contributed by atoms with van der Waals surface area (Å²) >= 11 is 2.64. The van der Waals surface area contributed by atoms with Crippen molar-refractivity contribution in [1.82, 2.24) is 4.57 Å². The number of hydrogen-bond donors (Lipinski definition) is 0. The van der Waals surface area contributed by atoms with Gasteiger partial charge in [-0.25, -0.2) is 9.79 Å². The van der Waals surface area contributed by atoms with Crippen molar-refractivity contribution in [3.8, 4) is 0 Å². The Balaban J connectivity index is 1.76. The summed E-state index contributed by atoms with van der Waals surface area (Å²) in [6.07, 6.45) is 0. The monoisotopic (exact) mass is 493 g/mol. The largest absolute Gasteiger partial charge is 0.462 e. The number of likely N-dealkylation sites (N-methyl/N-ethyl adjacent to an activating group) is 1. The van der Waals surface area contributed by atoms with Crippen molar-refractivity contribution in [3.05, 3.63) is 83.2 Å². The van der Waals surface area contributed by atoms with Crippen molar-refractivity contribution >= 4 is 45.8 Å². The molecule has 0 bridgehead atoms. The molecule has 3 aromatic rings. The molecule has 0 saturated heterocycles. The van der Waals surface area contributed by atoms with Crippen LogP contribution in [-0.4, -0.2) is 30.1 Å². The van der Waals surface area contributed by atoms with Crippen LogP contribution in [0, 0.1) is 5.92 Å². The molecule has 0 saturated carbocycles.